The fourth-order valence-electron chi connectivity index (χ4n) is 8.89. The van der Waals surface area contributed by atoms with E-state index in [1.807, 2.05) is 36.8 Å². The molecular formula is C61H62F7N9O6S3. The summed E-state index contributed by atoms with van der Waals surface area (Å²) in [4.78, 5) is 13.6. The summed E-state index contributed by atoms with van der Waals surface area (Å²) in [6.45, 7) is 5.25. The maximum absolute atomic E-state index is 14.1. The van der Waals surface area contributed by atoms with E-state index in [4.69, 9.17) is 0 Å². The average molecular weight is 1250 g/mol. The van der Waals surface area contributed by atoms with Crippen LogP contribution in [0.4, 0.5) is 47.8 Å². The van der Waals surface area contributed by atoms with Crippen molar-refractivity contribution in [3.05, 3.63) is 199 Å². The molecule has 0 atom stereocenters. The van der Waals surface area contributed by atoms with Gasteiger partial charge in [-0.05, 0) is 96.8 Å². The van der Waals surface area contributed by atoms with Crippen molar-refractivity contribution in [3.63, 3.8) is 0 Å². The quantitative estimate of drug-likeness (QED) is 0.0650. The third-order valence-corrected chi connectivity index (χ3v) is 19.2. The molecular weight excluding hydrogens is 1180 g/mol. The summed E-state index contributed by atoms with van der Waals surface area (Å²) < 4.78 is 171. The Labute approximate surface area is 494 Å². The van der Waals surface area contributed by atoms with E-state index >= 15 is 0 Å². The normalized spacial score (nSPS) is 12.8. The van der Waals surface area contributed by atoms with E-state index in [0.29, 0.717) is 57.4 Å². The first-order valence-corrected chi connectivity index (χ1v) is 32.0. The number of anilines is 3. The Hall–Kier alpha value is -8.29. The van der Waals surface area contributed by atoms with Crippen molar-refractivity contribution in [1.29, 1.82) is 0 Å². The van der Waals surface area contributed by atoms with E-state index in [-0.39, 0.29) is 51.3 Å². The van der Waals surface area contributed by atoms with Crippen LogP contribution in [0.2, 0.25) is 0 Å². The first-order chi connectivity index (χ1) is 40.7. The Bertz CT molecular complexity index is 4180. The van der Waals surface area contributed by atoms with Gasteiger partial charge in [0.15, 0.2) is 29.5 Å². The Morgan fingerprint density at radius 3 is 1.34 bits per heavy atom. The summed E-state index contributed by atoms with van der Waals surface area (Å²) in [5.74, 6) is -1.03. The van der Waals surface area contributed by atoms with Gasteiger partial charge in [-0.1, -0.05) is 75.4 Å². The average Bonchev–Trinajstić information content (AvgIpc) is 2.40. The molecule has 0 aliphatic heterocycles. The highest BCUT2D eigenvalue weighted by Gasteiger charge is 2.33. The number of benzene rings is 6. The number of nitrogens with zero attached hydrogens (tertiary/aromatic N) is 6. The Morgan fingerprint density at radius 2 is 0.919 bits per heavy atom. The molecule has 0 amide bonds. The molecule has 0 spiro atoms. The van der Waals surface area contributed by atoms with Crippen molar-refractivity contribution in [2.45, 2.75) is 86.3 Å². The third-order valence-electron chi connectivity index (χ3n) is 14.0. The number of alkyl halides is 6. The summed E-state index contributed by atoms with van der Waals surface area (Å²) in [6.07, 6.45) is 3.67. The molecule has 10 rings (SSSR count). The molecule has 0 radical (unpaired) electrons. The fraction of sp³-hybridized carbons (Fsp3) is 0.262. The number of hydrogen-bond donors (Lipinski definition) is 3. The van der Waals surface area contributed by atoms with Gasteiger partial charge < -0.3 is 29.7 Å². The van der Waals surface area contributed by atoms with Gasteiger partial charge in [-0.25, -0.2) is 44.6 Å². The second kappa shape index (κ2) is 26.5. The number of nitrogens with one attached hydrogen (secondary N) is 3. The van der Waals surface area contributed by atoms with Gasteiger partial charge in [-0.3, -0.25) is 0 Å². The molecule has 6 aromatic carbocycles. The van der Waals surface area contributed by atoms with E-state index in [9.17, 15) is 56.0 Å². The second-order valence-electron chi connectivity index (χ2n) is 20.1. The van der Waals surface area contributed by atoms with Crippen molar-refractivity contribution < 1.29 is 56.0 Å². The van der Waals surface area contributed by atoms with E-state index in [0.717, 1.165) is 40.7 Å². The van der Waals surface area contributed by atoms with Crippen molar-refractivity contribution in [1.82, 2.24) is 28.7 Å². The van der Waals surface area contributed by atoms with Gasteiger partial charge in [0.25, 0.3) is 0 Å². The minimum atomic E-state index is -4.63. The largest absolute Gasteiger partial charge is 0.416 e. The zero-order chi connectivity index (χ0) is 62.2. The predicted octanol–water partition coefficient (Wildman–Crippen LogP) is 13.5. The molecule has 1 aliphatic rings. The van der Waals surface area contributed by atoms with Crippen molar-refractivity contribution >= 4 is 46.6 Å². The van der Waals surface area contributed by atoms with Gasteiger partial charge in [-0.2, -0.15) is 26.3 Å². The molecule has 3 aromatic heterocycles. The van der Waals surface area contributed by atoms with Crippen LogP contribution in [0.3, 0.4) is 0 Å². The van der Waals surface area contributed by atoms with Gasteiger partial charge in [0, 0.05) is 97.7 Å². The lowest BCUT2D eigenvalue weighted by Gasteiger charge is -2.16. The lowest BCUT2D eigenvalue weighted by atomic mass is 10.1. The molecule has 0 bridgehead atoms. The molecule has 0 saturated heterocycles. The number of aryl methyl sites for hydroxylation is 2. The molecule has 1 aliphatic carbocycles. The number of halogens is 7. The van der Waals surface area contributed by atoms with E-state index < -0.39 is 58.8 Å². The standard InChI is InChI=1S/C21H23N3O2S.C20H19F4N3O2S.C20H20F3N3O2S/c1-2-27(25,26)18-10-11-20(22-13-16-6-4-3-5-7-16)19(12-18)21-14-24(15-23-21)17-8-9-17;1-3-30(28,29)15-6-7-18(16(9-15)19-11-27(2)12-26-19)25-10-13-4-5-14(8-17(13)21)20(22,23)24;1-3-29(27,28)15-8-9-18(16(10-15)19-12-26(2)13-25-19)24-11-14-6-4-5-7-17(14)20(21,22)23/h3-7,10-12,14-15,17,22H,2,8-9,13H2,1H3;4-9,11-12,25H,3,10H2,1-2H3;4-10,12-13,24H,3,11H2,1-2H3. The number of hydrogen-bond acceptors (Lipinski definition) is 12. The monoisotopic (exact) mass is 1250 g/mol. The fourth-order valence-corrected chi connectivity index (χ4v) is 11.6. The van der Waals surface area contributed by atoms with Crippen LogP contribution in [0.15, 0.2) is 180 Å². The topological polar surface area (TPSA) is 192 Å². The molecule has 9 aromatic rings. The number of imidazole rings is 3. The van der Waals surface area contributed by atoms with Gasteiger partial charge in [-0.15, -0.1) is 0 Å². The Balaban J connectivity index is 0.000000168. The lowest BCUT2D eigenvalue weighted by Crippen LogP contribution is -2.12. The van der Waals surface area contributed by atoms with Crippen molar-refractivity contribution in [2.24, 2.45) is 14.1 Å². The van der Waals surface area contributed by atoms with Crippen LogP contribution in [0.5, 0.6) is 0 Å². The maximum atomic E-state index is 14.1. The summed E-state index contributed by atoms with van der Waals surface area (Å²) in [5.41, 5.74) is 5.01. The van der Waals surface area contributed by atoms with Crippen LogP contribution in [-0.2, 0) is 75.6 Å². The van der Waals surface area contributed by atoms with Crippen LogP contribution in [0.1, 0.15) is 67.5 Å². The van der Waals surface area contributed by atoms with Gasteiger partial charge in [0.05, 0.1) is 79.1 Å². The molecule has 25 heteroatoms. The van der Waals surface area contributed by atoms with Gasteiger partial charge >= 0.3 is 12.4 Å². The van der Waals surface area contributed by atoms with Gasteiger partial charge in [0.1, 0.15) is 5.82 Å². The third kappa shape index (κ3) is 16.0. The molecule has 454 valence electrons. The first kappa shape index (κ1) is 63.7. The van der Waals surface area contributed by atoms with Crippen molar-refractivity contribution in [2.75, 3.05) is 33.2 Å². The van der Waals surface area contributed by atoms with Gasteiger partial charge in [0.2, 0.25) is 0 Å². The smallest absolute Gasteiger partial charge is 0.380 e. The van der Waals surface area contributed by atoms with Crippen LogP contribution in [0.25, 0.3) is 33.8 Å². The number of rotatable bonds is 19. The van der Waals surface area contributed by atoms with E-state index in [1.54, 1.807) is 86.4 Å². The zero-order valence-electron chi connectivity index (χ0n) is 47.3. The van der Waals surface area contributed by atoms with Crippen LogP contribution >= 0.6 is 0 Å². The van der Waals surface area contributed by atoms with Crippen LogP contribution in [0, 0.1) is 5.82 Å². The second-order valence-corrected chi connectivity index (χ2v) is 27.0. The Kier molecular flexibility index (Phi) is 19.7. The molecule has 3 heterocycles. The van der Waals surface area contributed by atoms with Crippen LogP contribution in [-0.4, -0.2) is 71.2 Å². The highest BCUT2D eigenvalue weighted by Crippen LogP contribution is 2.39. The zero-order valence-corrected chi connectivity index (χ0v) is 49.8. The highest BCUT2D eigenvalue weighted by atomic mass is 32.2. The SMILES string of the molecule is CCS(=O)(=O)c1ccc(NCc2ccc(C(F)(F)F)cc2F)c(-c2cn(C)cn2)c1.CCS(=O)(=O)c1ccc(NCc2ccccc2)c(-c2cn(C3CC3)cn2)c1.CCS(=O)(=O)c1ccc(NCc2ccccc2C(F)(F)F)c(-c2cn(C)cn2)c1. The highest BCUT2D eigenvalue weighted by molar-refractivity contribution is 7.92. The molecule has 1 saturated carbocycles. The molecule has 3 N–H and O–H groups in total. The van der Waals surface area contributed by atoms with Crippen molar-refractivity contribution in [3.8, 4) is 33.8 Å². The summed E-state index contributed by atoms with van der Waals surface area (Å²) in [5, 5.41) is 9.40. The number of aromatic nitrogens is 6. The first-order valence-electron chi connectivity index (χ1n) is 27.1. The molecule has 1 fully saturated rings. The molecule has 15 nitrogen and oxygen atoms in total. The summed E-state index contributed by atoms with van der Waals surface area (Å²) >= 11 is 0. The van der Waals surface area contributed by atoms with E-state index in [1.165, 1.54) is 62.2 Å². The predicted molar refractivity (Wildman–Crippen MR) is 318 cm³/mol. The molecule has 0 unspecified atom stereocenters. The maximum Gasteiger partial charge on any atom is 0.416 e. The minimum absolute atomic E-state index is 0.0419. The van der Waals surface area contributed by atoms with E-state index in [2.05, 4.69) is 47.6 Å². The lowest BCUT2D eigenvalue weighted by molar-refractivity contribution is -0.138. The summed E-state index contributed by atoms with van der Waals surface area (Å²) in [7, 11) is -6.64. The summed E-state index contributed by atoms with van der Waals surface area (Å²) in [6, 6.07) is 32.5. The molecule has 86 heavy (non-hydrogen) atoms. The van der Waals surface area contributed by atoms with Crippen LogP contribution < -0.4 is 16.0 Å². The number of sulfone groups is 3. The minimum Gasteiger partial charge on any atom is -0.380 e. The Morgan fingerprint density at radius 1 is 0.488 bits per heavy atom.